The smallest absolute Gasteiger partial charge is 0.309 e. The van der Waals surface area contributed by atoms with E-state index in [1.54, 1.807) is 20.8 Å². The molecule has 3 aliphatic rings. The van der Waals surface area contributed by atoms with E-state index >= 15 is 0 Å². The second kappa shape index (κ2) is 14.8. The number of hydrogen-bond acceptors (Lipinski definition) is 9. The fourth-order valence-corrected chi connectivity index (χ4v) is 7.17. The number of rotatable bonds is 5. The summed E-state index contributed by atoms with van der Waals surface area (Å²) in [6, 6.07) is -0.251. The van der Waals surface area contributed by atoms with Gasteiger partial charge in [-0.3, -0.25) is 9.59 Å². The van der Waals surface area contributed by atoms with Crippen LogP contribution in [0.1, 0.15) is 73.1 Å². The van der Waals surface area contributed by atoms with E-state index in [0.717, 1.165) is 0 Å². The molecule has 12 heteroatoms. The van der Waals surface area contributed by atoms with Gasteiger partial charge in [0.05, 0.1) is 29.6 Å². The lowest BCUT2D eigenvalue weighted by molar-refractivity contribution is -0.299. The van der Waals surface area contributed by atoms with Crippen LogP contribution in [0.3, 0.4) is 0 Å². The van der Waals surface area contributed by atoms with Crippen LogP contribution in [-0.2, 0) is 23.8 Å². The first-order valence-electron chi connectivity index (χ1n) is 15.8. The largest absolute Gasteiger partial charge is 0.461 e. The minimum absolute atomic E-state index is 0.000916. The molecule has 10 atom stereocenters. The highest BCUT2D eigenvalue weighted by Gasteiger charge is 2.49. The van der Waals surface area contributed by atoms with Gasteiger partial charge in [0.1, 0.15) is 12.2 Å². The summed E-state index contributed by atoms with van der Waals surface area (Å²) in [5.74, 6) is -5.99. The Hall–Kier alpha value is -1.44. The Morgan fingerprint density at radius 1 is 1.16 bits per heavy atom. The molecule has 2 unspecified atom stereocenters. The molecule has 3 rings (SSSR count). The summed E-state index contributed by atoms with van der Waals surface area (Å²) in [5, 5.41) is 26.3. The van der Waals surface area contributed by atoms with Crippen LogP contribution in [0.15, 0.2) is 0 Å². The molecule has 1 aliphatic carbocycles. The van der Waals surface area contributed by atoms with Crippen LogP contribution in [0.2, 0.25) is 0 Å². The molecule has 1 amide bonds. The number of esters is 1. The van der Waals surface area contributed by atoms with Crippen LogP contribution in [0.5, 0.6) is 0 Å². The highest BCUT2D eigenvalue weighted by Crippen LogP contribution is 2.39. The number of carbonyl (C=O) groups is 2. The van der Waals surface area contributed by atoms with E-state index in [4.69, 9.17) is 14.2 Å². The van der Waals surface area contributed by atoms with E-state index < -0.39 is 72.7 Å². The summed E-state index contributed by atoms with van der Waals surface area (Å²) in [7, 11) is 5.69. The van der Waals surface area contributed by atoms with Crippen molar-refractivity contribution < 1.29 is 42.8 Å². The lowest BCUT2D eigenvalue weighted by Crippen LogP contribution is -2.59. The van der Waals surface area contributed by atoms with E-state index in [1.807, 2.05) is 39.9 Å². The number of amides is 1. The van der Waals surface area contributed by atoms with Crippen molar-refractivity contribution in [2.45, 2.75) is 121 Å². The number of ether oxygens (including phenoxy) is 3. The van der Waals surface area contributed by atoms with Crippen molar-refractivity contribution >= 4 is 11.9 Å². The molecule has 250 valence electrons. The van der Waals surface area contributed by atoms with Crippen molar-refractivity contribution in [1.29, 1.82) is 0 Å². The van der Waals surface area contributed by atoms with E-state index in [0.29, 0.717) is 32.5 Å². The first kappa shape index (κ1) is 36.0. The van der Waals surface area contributed by atoms with Crippen molar-refractivity contribution in [3.05, 3.63) is 0 Å². The third-order valence-electron chi connectivity index (χ3n) is 9.55. The Balaban J connectivity index is 1.98. The average Bonchev–Trinajstić information content (AvgIpc) is 2.89. The Labute approximate surface area is 255 Å². The maximum Gasteiger partial charge on any atom is 0.309 e. The summed E-state index contributed by atoms with van der Waals surface area (Å²) in [6.45, 7) is 10.7. The monoisotopic (exact) mass is 619 g/mol. The average molecular weight is 620 g/mol. The molecule has 3 fully saturated rings. The highest BCUT2D eigenvalue weighted by atomic mass is 19.3. The van der Waals surface area contributed by atoms with Gasteiger partial charge in [-0.1, -0.05) is 20.8 Å². The molecular weight excluding hydrogens is 564 g/mol. The van der Waals surface area contributed by atoms with Gasteiger partial charge in [0.25, 0.3) is 0 Å². The van der Waals surface area contributed by atoms with Gasteiger partial charge in [-0.05, 0) is 66.6 Å². The molecule has 0 aromatic carbocycles. The molecule has 0 aromatic rings. The number of alkyl halides is 2. The van der Waals surface area contributed by atoms with Crippen molar-refractivity contribution in [2.75, 3.05) is 40.8 Å². The van der Waals surface area contributed by atoms with Gasteiger partial charge < -0.3 is 39.5 Å². The summed E-state index contributed by atoms with van der Waals surface area (Å²) in [4.78, 5) is 30.7. The SMILES string of the molecule is CC1C(O[C@@H]2O[C@H](C)C[C@H](N(C)C)[C@H]2O)[C@](C)(O)C[C@@H](C)CN(C)CCNC(=O)[C@H](C)[C@H]1OC(=O)C1CCC(F)(F)CC1. The molecular formula is C31H55F2N3O7. The Morgan fingerprint density at radius 3 is 2.40 bits per heavy atom. The van der Waals surface area contributed by atoms with E-state index in [1.165, 1.54) is 0 Å². The number of likely N-dealkylation sites (N-methyl/N-ethyl adjacent to an activating group) is 2. The Morgan fingerprint density at radius 2 is 1.79 bits per heavy atom. The molecule has 0 radical (unpaired) electrons. The van der Waals surface area contributed by atoms with Crippen LogP contribution in [0.4, 0.5) is 8.78 Å². The van der Waals surface area contributed by atoms with Crippen LogP contribution >= 0.6 is 0 Å². The maximum atomic E-state index is 13.8. The maximum absolute atomic E-state index is 13.8. The summed E-state index contributed by atoms with van der Waals surface area (Å²) in [6.07, 6.45) is -4.25. The lowest BCUT2D eigenvalue weighted by Gasteiger charge is -2.47. The van der Waals surface area contributed by atoms with E-state index in [2.05, 4.69) is 10.2 Å². The number of aliphatic hydroxyl groups is 2. The normalized spacial score (nSPS) is 41.0. The van der Waals surface area contributed by atoms with E-state index in [-0.39, 0.29) is 36.8 Å². The van der Waals surface area contributed by atoms with Gasteiger partial charge in [0, 0.05) is 44.4 Å². The topological polar surface area (TPSA) is 121 Å². The number of nitrogens with one attached hydrogen (secondary N) is 1. The first-order valence-corrected chi connectivity index (χ1v) is 15.8. The van der Waals surface area contributed by atoms with Gasteiger partial charge in [0.2, 0.25) is 11.8 Å². The number of hydrogen-bond donors (Lipinski definition) is 3. The summed E-state index contributed by atoms with van der Waals surface area (Å²) in [5.41, 5.74) is -1.47. The molecule has 0 aromatic heterocycles. The zero-order valence-electron chi connectivity index (χ0n) is 27.2. The fourth-order valence-electron chi connectivity index (χ4n) is 7.17. The van der Waals surface area contributed by atoms with Gasteiger partial charge in [0.15, 0.2) is 6.29 Å². The Bertz CT molecular complexity index is 929. The number of carbonyl (C=O) groups excluding carboxylic acids is 2. The third-order valence-corrected chi connectivity index (χ3v) is 9.55. The zero-order valence-corrected chi connectivity index (χ0v) is 27.2. The summed E-state index contributed by atoms with van der Waals surface area (Å²) < 4.78 is 46.3. The van der Waals surface area contributed by atoms with Crippen molar-refractivity contribution in [3.8, 4) is 0 Å². The summed E-state index contributed by atoms with van der Waals surface area (Å²) >= 11 is 0. The standard InChI is InChI=1S/C31H55F2N3O7/c1-18-16-30(5,40)26(43-29-24(37)23(35(6)7)15-19(2)41-29)20(3)25(21(4)27(38)34-13-14-36(8)17-18)42-28(39)22-9-11-31(32,33)12-10-22/h18-26,29,37,40H,9-17H2,1-8H3,(H,34,38)/t18-,19-,20?,21-,23+,24-,25+,26?,29+,30-/m1/s1. The van der Waals surface area contributed by atoms with Crippen LogP contribution in [-0.4, -0.2) is 121 Å². The Kier molecular flexibility index (Phi) is 12.4. The lowest BCUT2D eigenvalue weighted by atomic mass is 9.77. The zero-order chi connectivity index (χ0) is 32.3. The molecule has 10 nitrogen and oxygen atoms in total. The van der Waals surface area contributed by atoms with Gasteiger partial charge in [-0.25, -0.2) is 8.78 Å². The second-order valence-corrected chi connectivity index (χ2v) is 14.0. The van der Waals surface area contributed by atoms with Crippen LogP contribution < -0.4 is 5.32 Å². The van der Waals surface area contributed by atoms with Crippen molar-refractivity contribution in [3.63, 3.8) is 0 Å². The fraction of sp³-hybridized carbons (Fsp3) is 0.935. The second-order valence-electron chi connectivity index (χ2n) is 14.0. The molecule has 2 heterocycles. The minimum Gasteiger partial charge on any atom is -0.461 e. The molecule has 2 saturated heterocycles. The minimum atomic E-state index is -2.80. The molecule has 1 saturated carbocycles. The van der Waals surface area contributed by atoms with Gasteiger partial charge in [-0.2, -0.15) is 0 Å². The third kappa shape index (κ3) is 9.53. The molecule has 0 spiro atoms. The molecule has 43 heavy (non-hydrogen) atoms. The van der Waals surface area contributed by atoms with E-state index in [9.17, 15) is 28.6 Å². The van der Waals surface area contributed by atoms with Crippen LogP contribution in [0, 0.1) is 23.7 Å². The molecule has 3 N–H and O–H groups in total. The van der Waals surface area contributed by atoms with Gasteiger partial charge >= 0.3 is 5.97 Å². The van der Waals surface area contributed by atoms with Crippen molar-refractivity contribution in [1.82, 2.24) is 15.1 Å². The number of halogens is 2. The van der Waals surface area contributed by atoms with Gasteiger partial charge in [-0.15, -0.1) is 0 Å². The molecule has 2 aliphatic heterocycles. The number of aliphatic hydroxyl groups excluding tert-OH is 1. The van der Waals surface area contributed by atoms with Crippen LogP contribution in [0.25, 0.3) is 0 Å². The predicted octanol–water partition coefficient (Wildman–Crippen LogP) is 2.65. The quantitative estimate of drug-likeness (QED) is 0.399. The predicted molar refractivity (Wildman–Crippen MR) is 157 cm³/mol. The molecule has 0 bridgehead atoms. The number of nitrogens with zero attached hydrogens (tertiary/aromatic N) is 2. The first-order chi connectivity index (χ1) is 19.9. The van der Waals surface area contributed by atoms with Crippen molar-refractivity contribution in [2.24, 2.45) is 23.7 Å². The highest BCUT2D eigenvalue weighted by molar-refractivity contribution is 5.80.